The summed E-state index contributed by atoms with van der Waals surface area (Å²) in [5.74, 6) is 0.0278. The third kappa shape index (κ3) is 1.61. The molecule has 0 fully saturated rings. The first-order valence-corrected chi connectivity index (χ1v) is 5.76. The normalized spacial score (nSPS) is 16.2. The van der Waals surface area contributed by atoms with E-state index < -0.39 is 0 Å². The molecule has 0 radical (unpaired) electrons. The van der Waals surface area contributed by atoms with Crippen molar-refractivity contribution in [2.24, 2.45) is 0 Å². The summed E-state index contributed by atoms with van der Waals surface area (Å²) >= 11 is 0. The molecule has 3 heteroatoms. The van der Waals surface area contributed by atoms with Crippen molar-refractivity contribution >= 4 is 23.2 Å². The molecule has 3 rings (SSSR count). The van der Waals surface area contributed by atoms with E-state index in [-0.39, 0.29) is 5.91 Å². The summed E-state index contributed by atoms with van der Waals surface area (Å²) < 4.78 is 0. The van der Waals surface area contributed by atoms with Crippen molar-refractivity contribution in [2.45, 2.75) is 0 Å². The minimum Gasteiger partial charge on any atom is -0.311 e. The van der Waals surface area contributed by atoms with Gasteiger partial charge in [0.15, 0.2) is 0 Å². The maximum Gasteiger partial charge on any atom is 0.258 e. The van der Waals surface area contributed by atoms with Gasteiger partial charge in [-0.15, -0.1) is 0 Å². The Hall–Kier alpha value is -2.42. The van der Waals surface area contributed by atoms with Crippen LogP contribution in [-0.4, -0.2) is 17.9 Å². The van der Waals surface area contributed by atoms with E-state index in [9.17, 15) is 4.79 Å². The number of likely N-dealkylation sites (N-methyl/N-ethyl adjacent to an activating group) is 1. The van der Waals surface area contributed by atoms with E-state index in [1.807, 2.05) is 42.5 Å². The van der Waals surface area contributed by atoms with Gasteiger partial charge >= 0.3 is 0 Å². The van der Waals surface area contributed by atoms with Gasteiger partial charge in [-0.25, -0.2) is 0 Å². The zero-order valence-electron chi connectivity index (χ0n) is 10.00. The van der Waals surface area contributed by atoms with Gasteiger partial charge in [0.1, 0.15) is 0 Å². The average molecular weight is 236 g/mol. The summed E-state index contributed by atoms with van der Waals surface area (Å²) in [6.07, 6.45) is 5.36. The molecule has 2 aromatic rings. The first kappa shape index (κ1) is 10.7. The molecular weight excluding hydrogens is 224 g/mol. The van der Waals surface area contributed by atoms with Crippen molar-refractivity contribution in [2.75, 3.05) is 11.9 Å². The van der Waals surface area contributed by atoms with Crippen LogP contribution in [0.25, 0.3) is 11.6 Å². The summed E-state index contributed by atoms with van der Waals surface area (Å²) in [6, 6.07) is 11.6. The summed E-state index contributed by atoms with van der Waals surface area (Å²) in [4.78, 5) is 17.9. The third-order valence-electron chi connectivity index (χ3n) is 3.09. The predicted octanol–water partition coefficient (Wildman–Crippen LogP) is 2.60. The van der Waals surface area contributed by atoms with Crippen LogP contribution >= 0.6 is 0 Å². The molecule has 0 unspecified atom stereocenters. The van der Waals surface area contributed by atoms with Gasteiger partial charge in [0.25, 0.3) is 5.91 Å². The highest BCUT2D eigenvalue weighted by molar-refractivity contribution is 6.35. The lowest BCUT2D eigenvalue weighted by Crippen LogP contribution is -2.20. The van der Waals surface area contributed by atoms with Crippen molar-refractivity contribution in [3.63, 3.8) is 0 Å². The standard InChI is InChI=1S/C15H12N2O/c1-17-14-7-3-2-6-12(14)13(15(17)18)9-11-5-4-8-16-10-11/h2-10H,1H3/b13-9+. The number of para-hydroxylation sites is 1. The second kappa shape index (κ2) is 4.11. The highest BCUT2D eigenvalue weighted by Gasteiger charge is 2.28. The number of anilines is 1. The Kier molecular flexibility index (Phi) is 2.45. The van der Waals surface area contributed by atoms with Gasteiger partial charge in [0.05, 0.1) is 5.69 Å². The Bertz CT molecular complexity index is 632. The molecule has 0 saturated carbocycles. The van der Waals surface area contributed by atoms with Gasteiger partial charge in [-0.3, -0.25) is 9.78 Å². The van der Waals surface area contributed by atoms with E-state index in [4.69, 9.17) is 0 Å². The first-order chi connectivity index (χ1) is 8.77. The maximum absolute atomic E-state index is 12.2. The van der Waals surface area contributed by atoms with Crippen molar-refractivity contribution in [1.29, 1.82) is 0 Å². The highest BCUT2D eigenvalue weighted by atomic mass is 16.2. The molecule has 0 spiro atoms. The van der Waals surface area contributed by atoms with Crippen LogP contribution in [0.5, 0.6) is 0 Å². The van der Waals surface area contributed by atoms with Crippen LogP contribution in [0.15, 0.2) is 48.8 Å². The fourth-order valence-electron chi connectivity index (χ4n) is 2.17. The maximum atomic E-state index is 12.2. The monoisotopic (exact) mass is 236 g/mol. The Morgan fingerprint density at radius 3 is 2.78 bits per heavy atom. The van der Waals surface area contributed by atoms with Gasteiger partial charge in [0, 0.05) is 30.6 Å². The predicted molar refractivity (Wildman–Crippen MR) is 72.0 cm³/mol. The van der Waals surface area contributed by atoms with E-state index in [0.717, 1.165) is 22.4 Å². The van der Waals surface area contributed by atoms with E-state index in [1.54, 1.807) is 24.3 Å². The zero-order valence-corrected chi connectivity index (χ0v) is 10.00. The van der Waals surface area contributed by atoms with Crippen LogP contribution in [0, 0.1) is 0 Å². The molecule has 1 aliphatic heterocycles. The lowest BCUT2D eigenvalue weighted by molar-refractivity contribution is -0.112. The van der Waals surface area contributed by atoms with Gasteiger partial charge in [-0.05, 0) is 23.8 Å². The first-order valence-electron chi connectivity index (χ1n) is 5.76. The average Bonchev–Trinajstić information content (AvgIpc) is 2.66. The molecule has 0 aliphatic carbocycles. The van der Waals surface area contributed by atoms with Crippen LogP contribution in [0.2, 0.25) is 0 Å². The van der Waals surface area contributed by atoms with Crippen LogP contribution in [-0.2, 0) is 4.79 Å². The smallest absolute Gasteiger partial charge is 0.258 e. The number of benzene rings is 1. The second-order valence-electron chi connectivity index (χ2n) is 4.23. The van der Waals surface area contributed by atoms with Crippen LogP contribution < -0.4 is 4.90 Å². The van der Waals surface area contributed by atoms with Gasteiger partial charge in [-0.1, -0.05) is 24.3 Å². The van der Waals surface area contributed by atoms with E-state index in [2.05, 4.69) is 4.98 Å². The molecule has 88 valence electrons. The molecule has 1 aromatic carbocycles. The number of aromatic nitrogens is 1. The Morgan fingerprint density at radius 1 is 1.17 bits per heavy atom. The number of carbonyl (C=O) groups is 1. The Labute approximate surface area is 105 Å². The number of rotatable bonds is 1. The summed E-state index contributed by atoms with van der Waals surface area (Å²) in [5, 5.41) is 0. The molecule has 1 amide bonds. The van der Waals surface area contributed by atoms with Gasteiger partial charge < -0.3 is 4.90 Å². The molecule has 0 bridgehead atoms. The molecule has 0 atom stereocenters. The molecule has 3 nitrogen and oxygen atoms in total. The summed E-state index contributed by atoms with van der Waals surface area (Å²) in [6.45, 7) is 0. The van der Waals surface area contributed by atoms with Gasteiger partial charge in [0.2, 0.25) is 0 Å². The fraction of sp³-hybridized carbons (Fsp3) is 0.0667. The number of hydrogen-bond acceptors (Lipinski definition) is 2. The molecular formula is C15H12N2O. The molecule has 0 saturated heterocycles. The van der Waals surface area contributed by atoms with E-state index in [0.29, 0.717) is 0 Å². The lowest BCUT2D eigenvalue weighted by atomic mass is 10.1. The number of amides is 1. The van der Waals surface area contributed by atoms with E-state index in [1.165, 1.54) is 0 Å². The van der Waals surface area contributed by atoms with Crippen LogP contribution in [0.1, 0.15) is 11.1 Å². The van der Waals surface area contributed by atoms with Crippen LogP contribution in [0.3, 0.4) is 0 Å². The second-order valence-corrected chi connectivity index (χ2v) is 4.23. The van der Waals surface area contributed by atoms with Crippen molar-refractivity contribution in [3.8, 4) is 0 Å². The molecule has 18 heavy (non-hydrogen) atoms. The number of nitrogens with zero attached hydrogens (tertiary/aromatic N) is 2. The zero-order chi connectivity index (χ0) is 12.5. The quantitative estimate of drug-likeness (QED) is 0.713. The largest absolute Gasteiger partial charge is 0.311 e. The number of pyridine rings is 1. The molecule has 2 heterocycles. The molecule has 1 aromatic heterocycles. The van der Waals surface area contributed by atoms with Crippen molar-refractivity contribution < 1.29 is 4.79 Å². The SMILES string of the molecule is CN1C(=O)/C(=C/c2cccnc2)c2ccccc21. The summed E-state index contributed by atoms with van der Waals surface area (Å²) in [5.41, 5.74) is 3.60. The minimum atomic E-state index is 0.0278. The van der Waals surface area contributed by atoms with E-state index >= 15 is 0 Å². The van der Waals surface area contributed by atoms with Crippen molar-refractivity contribution in [1.82, 2.24) is 4.98 Å². The fourth-order valence-corrected chi connectivity index (χ4v) is 2.17. The number of carbonyl (C=O) groups excluding carboxylic acids is 1. The van der Waals surface area contributed by atoms with Crippen molar-refractivity contribution in [3.05, 3.63) is 59.9 Å². The lowest BCUT2D eigenvalue weighted by Gasteiger charge is -2.07. The number of fused-ring (bicyclic) bond motifs is 1. The molecule has 1 aliphatic rings. The molecule has 0 N–H and O–H groups in total. The van der Waals surface area contributed by atoms with Gasteiger partial charge in [-0.2, -0.15) is 0 Å². The topological polar surface area (TPSA) is 33.2 Å². The van der Waals surface area contributed by atoms with Crippen LogP contribution in [0.4, 0.5) is 5.69 Å². The summed E-state index contributed by atoms with van der Waals surface area (Å²) in [7, 11) is 1.80. The Morgan fingerprint density at radius 2 is 2.00 bits per heavy atom. The Balaban J connectivity index is 2.14. The minimum absolute atomic E-state index is 0.0278. The highest BCUT2D eigenvalue weighted by Crippen LogP contribution is 2.36. The number of hydrogen-bond donors (Lipinski definition) is 0. The third-order valence-corrected chi connectivity index (χ3v) is 3.09.